The summed E-state index contributed by atoms with van der Waals surface area (Å²) in [4.78, 5) is 17.6. The average molecular weight is 360 g/mol. The van der Waals surface area contributed by atoms with Crippen LogP contribution in [0.5, 0.6) is 0 Å². The highest BCUT2D eigenvalue weighted by molar-refractivity contribution is 8.04. The summed E-state index contributed by atoms with van der Waals surface area (Å²) in [6.07, 6.45) is 5.83. The number of nitrogens with two attached hydrogens (primary N) is 1. The standard InChI is InChI=1S/C19H29N5S/c1-6-7-8-24(12(2)3)17-15-18(22-11-21-17)25-16-13(20)9-19(4,5)10-14(16)23-15/h11-12H,6-10,20H2,1-5H3. The third kappa shape index (κ3) is 3.68. The quantitative estimate of drug-likeness (QED) is 0.774. The van der Waals surface area contributed by atoms with Gasteiger partial charge in [0.25, 0.3) is 0 Å². The molecule has 0 atom stereocenters. The van der Waals surface area contributed by atoms with Gasteiger partial charge in [-0.3, -0.25) is 0 Å². The molecule has 1 aliphatic carbocycles. The maximum Gasteiger partial charge on any atom is 0.159 e. The van der Waals surface area contributed by atoms with Crippen molar-refractivity contribution in [1.82, 2.24) is 9.97 Å². The lowest BCUT2D eigenvalue weighted by Gasteiger charge is -2.35. The van der Waals surface area contributed by atoms with Crippen molar-refractivity contribution < 1.29 is 0 Å². The fraction of sp³-hybridized carbons (Fsp3) is 0.632. The molecule has 0 unspecified atom stereocenters. The van der Waals surface area contributed by atoms with Crippen LogP contribution in [0.1, 0.15) is 60.3 Å². The molecule has 0 fully saturated rings. The highest BCUT2D eigenvalue weighted by Crippen LogP contribution is 2.49. The molecule has 0 bridgehead atoms. The Morgan fingerprint density at radius 1 is 1.28 bits per heavy atom. The zero-order valence-corrected chi connectivity index (χ0v) is 16.8. The van der Waals surface area contributed by atoms with Crippen LogP contribution >= 0.6 is 11.8 Å². The Balaban J connectivity index is 2.06. The lowest BCUT2D eigenvalue weighted by molar-refractivity contribution is 0.371. The highest BCUT2D eigenvalue weighted by Gasteiger charge is 2.35. The zero-order chi connectivity index (χ0) is 18.2. The lowest BCUT2D eigenvalue weighted by Crippen LogP contribution is -2.33. The summed E-state index contributed by atoms with van der Waals surface area (Å²) in [6.45, 7) is 12.1. The fourth-order valence-electron chi connectivity index (χ4n) is 3.50. The van der Waals surface area contributed by atoms with E-state index in [0.717, 1.165) is 65.1 Å². The Labute approximate surface area is 155 Å². The van der Waals surface area contributed by atoms with Crippen LogP contribution in [0.25, 0.3) is 0 Å². The number of fused-ring (bicyclic) bond motifs is 2. The summed E-state index contributed by atoms with van der Waals surface area (Å²) in [5, 5.41) is 0.925. The van der Waals surface area contributed by atoms with Crippen LogP contribution in [0.15, 0.2) is 26.9 Å². The van der Waals surface area contributed by atoms with E-state index in [9.17, 15) is 0 Å². The molecule has 0 radical (unpaired) electrons. The molecular weight excluding hydrogens is 330 g/mol. The van der Waals surface area contributed by atoms with Gasteiger partial charge in [0.2, 0.25) is 0 Å². The second kappa shape index (κ2) is 6.98. The average Bonchev–Trinajstić information content (AvgIpc) is 2.53. The van der Waals surface area contributed by atoms with Crippen LogP contribution < -0.4 is 10.6 Å². The third-order valence-corrected chi connectivity index (χ3v) is 5.93. The predicted octanol–water partition coefficient (Wildman–Crippen LogP) is 4.66. The molecule has 136 valence electrons. The molecular formula is C19H29N5S. The van der Waals surface area contributed by atoms with Gasteiger partial charge in [0.15, 0.2) is 5.82 Å². The highest BCUT2D eigenvalue weighted by atomic mass is 32.2. The molecule has 0 aromatic carbocycles. The summed E-state index contributed by atoms with van der Waals surface area (Å²) in [5.41, 5.74) is 9.47. The smallest absolute Gasteiger partial charge is 0.159 e. The van der Waals surface area contributed by atoms with Crippen molar-refractivity contribution in [3.8, 4) is 0 Å². The molecule has 2 heterocycles. The second-order valence-corrected chi connectivity index (χ2v) is 9.02. The number of anilines is 1. The van der Waals surface area contributed by atoms with Crippen LogP contribution in [0.2, 0.25) is 0 Å². The SMILES string of the molecule is CCCCN(c1ncnc2c1N=C1CC(C)(C)CC(N)=C1S2)C(C)C. The first-order valence-corrected chi connectivity index (χ1v) is 10.00. The molecule has 25 heavy (non-hydrogen) atoms. The van der Waals surface area contributed by atoms with E-state index in [0.29, 0.717) is 6.04 Å². The number of unbranched alkanes of at least 4 members (excludes halogenated alkanes) is 1. The molecule has 1 aromatic rings. The van der Waals surface area contributed by atoms with Crippen molar-refractivity contribution in [2.24, 2.45) is 16.1 Å². The molecule has 0 saturated carbocycles. The van der Waals surface area contributed by atoms with Gasteiger partial charge in [0.1, 0.15) is 17.0 Å². The Hall–Kier alpha value is -1.56. The number of nitrogens with zero attached hydrogens (tertiary/aromatic N) is 4. The van der Waals surface area contributed by atoms with E-state index in [1.54, 1.807) is 18.1 Å². The van der Waals surface area contributed by atoms with Crippen molar-refractivity contribution >= 4 is 29.0 Å². The first-order chi connectivity index (χ1) is 11.8. The maximum absolute atomic E-state index is 6.36. The molecule has 1 aromatic heterocycles. The monoisotopic (exact) mass is 359 g/mol. The molecule has 1 aliphatic heterocycles. The van der Waals surface area contributed by atoms with Crippen molar-refractivity contribution in [1.29, 1.82) is 0 Å². The van der Waals surface area contributed by atoms with Crippen LogP contribution in [0.4, 0.5) is 11.5 Å². The summed E-state index contributed by atoms with van der Waals surface area (Å²) in [6, 6.07) is 0.376. The minimum absolute atomic E-state index is 0.153. The van der Waals surface area contributed by atoms with Crippen molar-refractivity contribution in [3.05, 3.63) is 16.9 Å². The molecule has 0 saturated heterocycles. The van der Waals surface area contributed by atoms with Gasteiger partial charge in [0, 0.05) is 18.3 Å². The molecule has 0 spiro atoms. The number of hydrogen-bond donors (Lipinski definition) is 1. The molecule has 6 heteroatoms. The Bertz CT molecular complexity index is 721. The van der Waals surface area contributed by atoms with Gasteiger partial charge in [-0.25, -0.2) is 15.0 Å². The minimum Gasteiger partial charge on any atom is -0.401 e. The van der Waals surface area contributed by atoms with E-state index in [1.165, 1.54) is 0 Å². The molecule has 0 amide bonds. The topological polar surface area (TPSA) is 67.4 Å². The molecule has 2 N–H and O–H groups in total. The largest absolute Gasteiger partial charge is 0.401 e. The molecule has 5 nitrogen and oxygen atoms in total. The lowest BCUT2D eigenvalue weighted by atomic mass is 9.78. The van der Waals surface area contributed by atoms with E-state index >= 15 is 0 Å². The van der Waals surface area contributed by atoms with Crippen molar-refractivity contribution in [2.45, 2.75) is 71.4 Å². The number of hydrogen-bond acceptors (Lipinski definition) is 6. The van der Waals surface area contributed by atoms with Gasteiger partial charge >= 0.3 is 0 Å². The van der Waals surface area contributed by atoms with Gasteiger partial charge in [-0.15, -0.1) is 0 Å². The minimum atomic E-state index is 0.153. The van der Waals surface area contributed by atoms with Crippen LogP contribution in [-0.4, -0.2) is 28.3 Å². The maximum atomic E-state index is 6.36. The summed E-state index contributed by atoms with van der Waals surface area (Å²) in [5.74, 6) is 0.953. The number of rotatable bonds is 5. The number of thioether (sulfide) groups is 1. The van der Waals surface area contributed by atoms with E-state index in [4.69, 9.17) is 10.7 Å². The van der Waals surface area contributed by atoms with Gasteiger partial charge in [0.05, 0.1) is 10.6 Å². The van der Waals surface area contributed by atoms with Gasteiger partial charge in [-0.05, 0) is 38.5 Å². The zero-order valence-electron chi connectivity index (χ0n) is 16.0. The Morgan fingerprint density at radius 2 is 2.04 bits per heavy atom. The van der Waals surface area contributed by atoms with Gasteiger partial charge < -0.3 is 10.6 Å². The van der Waals surface area contributed by atoms with Crippen LogP contribution in [-0.2, 0) is 0 Å². The number of aliphatic imine (C=N–C) groups is 1. The number of aromatic nitrogens is 2. The fourth-order valence-corrected chi connectivity index (χ4v) is 4.46. The second-order valence-electron chi connectivity index (χ2n) is 8.02. The van der Waals surface area contributed by atoms with Gasteiger partial charge in [-0.2, -0.15) is 0 Å². The third-order valence-electron chi connectivity index (χ3n) is 4.73. The first kappa shape index (κ1) is 18.2. The molecule has 3 rings (SSSR count). The van der Waals surface area contributed by atoms with Crippen LogP contribution in [0, 0.1) is 5.41 Å². The van der Waals surface area contributed by atoms with Gasteiger partial charge in [-0.1, -0.05) is 39.0 Å². The summed E-state index contributed by atoms with van der Waals surface area (Å²) >= 11 is 1.66. The van der Waals surface area contributed by atoms with E-state index in [1.807, 2.05) is 0 Å². The van der Waals surface area contributed by atoms with E-state index in [-0.39, 0.29) is 5.41 Å². The van der Waals surface area contributed by atoms with Crippen LogP contribution in [0.3, 0.4) is 0 Å². The first-order valence-electron chi connectivity index (χ1n) is 9.18. The van der Waals surface area contributed by atoms with Crippen molar-refractivity contribution in [2.75, 3.05) is 11.4 Å². The summed E-state index contributed by atoms with van der Waals surface area (Å²) in [7, 11) is 0. The van der Waals surface area contributed by atoms with E-state index < -0.39 is 0 Å². The Morgan fingerprint density at radius 3 is 2.72 bits per heavy atom. The molecule has 2 aliphatic rings. The van der Waals surface area contributed by atoms with E-state index in [2.05, 4.69) is 49.5 Å². The Kier molecular flexibility index (Phi) is 5.09. The number of allylic oxidation sites excluding steroid dienone is 2. The normalized spacial score (nSPS) is 18.7. The summed E-state index contributed by atoms with van der Waals surface area (Å²) < 4.78 is 0. The van der Waals surface area contributed by atoms with Crippen molar-refractivity contribution in [3.63, 3.8) is 0 Å². The predicted molar refractivity (Wildman–Crippen MR) is 107 cm³/mol.